The molecule has 11 unspecified atom stereocenters. The third-order valence-electron chi connectivity index (χ3n) is 9.48. The summed E-state index contributed by atoms with van der Waals surface area (Å²) in [6.07, 6.45) is 5.81. The van der Waals surface area contributed by atoms with Crippen LogP contribution in [0.4, 0.5) is 4.79 Å². The van der Waals surface area contributed by atoms with E-state index in [2.05, 4.69) is 13.8 Å². The molecule has 2 aliphatic heterocycles. The molecular formula is C37H62N2O10. The van der Waals surface area contributed by atoms with Gasteiger partial charge in [0.1, 0.15) is 30.0 Å². The molecule has 0 radical (unpaired) electrons. The number of likely N-dealkylation sites (N-methyl/N-ethyl adjacent to an activating group) is 2. The molecule has 2 aliphatic rings. The van der Waals surface area contributed by atoms with Crippen molar-refractivity contribution < 1.29 is 48.3 Å². The molecule has 1 amide bonds. The Morgan fingerprint density at radius 3 is 2.41 bits per heavy atom. The predicted octanol–water partition coefficient (Wildman–Crippen LogP) is 4.28. The number of nitrogens with zero attached hydrogens (tertiary/aromatic N) is 2. The minimum atomic E-state index is -1.45. The van der Waals surface area contributed by atoms with E-state index >= 15 is 0 Å². The molecule has 12 heteroatoms. The number of cyclic esters (lactones) is 1. The summed E-state index contributed by atoms with van der Waals surface area (Å²) in [5.74, 6) is -1.58. The maximum Gasteiger partial charge on any atom is 0.409 e. The van der Waals surface area contributed by atoms with Gasteiger partial charge in [-0.25, -0.2) is 4.79 Å². The molecule has 0 saturated carbocycles. The fraction of sp³-hybridized carbons (Fsp3) is 0.757. The van der Waals surface area contributed by atoms with Gasteiger partial charge in [-0.1, -0.05) is 52.0 Å². The molecule has 1 fully saturated rings. The lowest BCUT2D eigenvalue weighted by Crippen LogP contribution is -2.42. The lowest BCUT2D eigenvalue weighted by Gasteiger charge is -2.32. The van der Waals surface area contributed by atoms with Crippen molar-refractivity contribution in [3.63, 3.8) is 0 Å². The normalized spacial score (nSPS) is 31.5. The molecule has 11 atom stereocenters. The number of methoxy groups -OCH3 is 1. The summed E-state index contributed by atoms with van der Waals surface area (Å²) in [6.45, 7) is 13.9. The first-order chi connectivity index (χ1) is 22.9. The van der Waals surface area contributed by atoms with Crippen LogP contribution in [0.25, 0.3) is 0 Å². The minimum absolute atomic E-state index is 0.0202. The van der Waals surface area contributed by atoms with Gasteiger partial charge in [0.25, 0.3) is 0 Å². The van der Waals surface area contributed by atoms with Crippen molar-refractivity contribution in [3.05, 3.63) is 36.0 Å². The van der Waals surface area contributed by atoms with E-state index in [0.717, 1.165) is 12.0 Å². The average Bonchev–Trinajstić information content (AvgIpc) is 3.82. The van der Waals surface area contributed by atoms with Crippen LogP contribution in [-0.4, -0.2) is 128 Å². The lowest BCUT2D eigenvalue weighted by molar-refractivity contribution is -0.157. The number of aliphatic hydroxyl groups excluding tert-OH is 1. The molecule has 0 aromatic carbocycles. The quantitative estimate of drug-likeness (QED) is 0.0883. The number of hydrogen-bond acceptors (Lipinski definition) is 11. The van der Waals surface area contributed by atoms with Crippen LogP contribution in [0.15, 0.2) is 36.0 Å². The number of rotatable bonds is 14. The number of allylic oxidation sites excluding steroid dienone is 2. The van der Waals surface area contributed by atoms with Gasteiger partial charge < -0.3 is 43.7 Å². The second kappa shape index (κ2) is 19.6. The molecule has 2 rings (SSSR count). The van der Waals surface area contributed by atoms with E-state index in [0.29, 0.717) is 13.1 Å². The summed E-state index contributed by atoms with van der Waals surface area (Å²) in [5, 5.41) is 21.6. The van der Waals surface area contributed by atoms with E-state index in [9.17, 15) is 24.6 Å². The lowest BCUT2D eigenvalue weighted by atomic mass is 9.88. The Labute approximate surface area is 293 Å². The molecule has 0 aliphatic carbocycles. The zero-order chi connectivity index (χ0) is 37.1. The Morgan fingerprint density at radius 2 is 1.82 bits per heavy atom. The molecule has 2 N–H and O–H groups in total. The van der Waals surface area contributed by atoms with Crippen molar-refractivity contribution in [2.24, 2.45) is 17.8 Å². The largest absolute Gasteiger partial charge is 0.457 e. The van der Waals surface area contributed by atoms with E-state index in [-0.39, 0.29) is 55.3 Å². The van der Waals surface area contributed by atoms with E-state index in [1.165, 1.54) is 6.92 Å². The number of carbonyl (C=O) groups is 3. The van der Waals surface area contributed by atoms with Gasteiger partial charge in [0.2, 0.25) is 0 Å². The minimum Gasteiger partial charge on any atom is -0.457 e. The first kappa shape index (κ1) is 42.4. The summed E-state index contributed by atoms with van der Waals surface area (Å²) < 4.78 is 29.1. The number of amides is 1. The SMILES string of the molecule is CCC(OC)C(C)C1OC1C(OC(=O)N(C)CCN(C)C)C(C)/C=C/C=C(\C)C1OC(=O)CC(O)CCC(C)(O)C(OC(C)=O)/C=C/C1C. The predicted molar refractivity (Wildman–Crippen MR) is 187 cm³/mol. The summed E-state index contributed by atoms with van der Waals surface area (Å²) >= 11 is 0. The van der Waals surface area contributed by atoms with E-state index in [1.54, 1.807) is 38.1 Å². The fourth-order valence-corrected chi connectivity index (χ4v) is 6.13. The van der Waals surface area contributed by atoms with E-state index in [4.69, 9.17) is 23.7 Å². The molecule has 2 heterocycles. The molecule has 49 heavy (non-hydrogen) atoms. The zero-order valence-corrected chi connectivity index (χ0v) is 31.5. The third-order valence-corrected chi connectivity index (χ3v) is 9.48. The summed E-state index contributed by atoms with van der Waals surface area (Å²) in [6, 6.07) is 0. The number of epoxide rings is 1. The number of esters is 2. The van der Waals surface area contributed by atoms with Crippen LogP contribution in [0.2, 0.25) is 0 Å². The molecule has 280 valence electrons. The monoisotopic (exact) mass is 694 g/mol. The fourth-order valence-electron chi connectivity index (χ4n) is 6.13. The molecule has 0 spiro atoms. The van der Waals surface area contributed by atoms with Crippen LogP contribution < -0.4 is 0 Å². The highest BCUT2D eigenvalue weighted by Gasteiger charge is 2.52. The van der Waals surface area contributed by atoms with Crippen LogP contribution in [0.5, 0.6) is 0 Å². The van der Waals surface area contributed by atoms with Crippen LogP contribution in [0.1, 0.15) is 74.1 Å². The molecule has 0 aromatic rings. The number of carbonyl (C=O) groups excluding carboxylic acids is 3. The Kier molecular flexibility index (Phi) is 16.9. The molecular weight excluding hydrogens is 632 g/mol. The highest BCUT2D eigenvalue weighted by Crippen LogP contribution is 2.39. The average molecular weight is 695 g/mol. The van der Waals surface area contributed by atoms with Gasteiger partial charge in [0, 0.05) is 51.9 Å². The number of hydrogen-bond donors (Lipinski definition) is 2. The Hall–Kier alpha value is -2.77. The van der Waals surface area contributed by atoms with Gasteiger partial charge in [0.15, 0.2) is 0 Å². The first-order valence-electron chi connectivity index (χ1n) is 17.5. The van der Waals surface area contributed by atoms with Crippen LogP contribution in [0, 0.1) is 17.8 Å². The molecule has 1 saturated heterocycles. The Balaban J connectivity index is 2.32. The van der Waals surface area contributed by atoms with Gasteiger partial charge in [-0.05, 0) is 58.9 Å². The first-order valence-corrected chi connectivity index (χ1v) is 17.5. The topological polar surface area (TPSA) is 148 Å². The second-order valence-corrected chi connectivity index (χ2v) is 14.3. The molecule has 0 bridgehead atoms. The van der Waals surface area contributed by atoms with E-state index in [1.807, 2.05) is 58.0 Å². The van der Waals surface area contributed by atoms with Crippen LogP contribution in [-0.2, 0) is 33.3 Å². The van der Waals surface area contributed by atoms with Crippen molar-refractivity contribution in [1.29, 1.82) is 0 Å². The van der Waals surface area contributed by atoms with Crippen LogP contribution in [0.3, 0.4) is 0 Å². The molecule has 0 aromatic heterocycles. The van der Waals surface area contributed by atoms with Crippen molar-refractivity contribution in [1.82, 2.24) is 9.80 Å². The van der Waals surface area contributed by atoms with Crippen LogP contribution >= 0.6 is 0 Å². The maximum atomic E-state index is 13.1. The van der Waals surface area contributed by atoms with Gasteiger partial charge in [0.05, 0.1) is 24.7 Å². The van der Waals surface area contributed by atoms with Gasteiger partial charge in [-0.15, -0.1) is 0 Å². The number of ether oxygens (including phenoxy) is 5. The second-order valence-electron chi connectivity index (χ2n) is 14.3. The Bertz CT molecular complexity index is 1160. The summed E-state index contributed by atoms with van der Waals surface area (Å²) in [7, 11) is 7.31. The standard InChI is InChI=1S/C37H62N2O10/c1-12-29(45-11)26(5)34-35(48-34)33(49-36(43)39(10)21-20-38(8)9)24(3)15-13-14-23(2)32-25(4)16-17-30(46-27(6)40)37(7,44)19-18-28(41)22-31(42)47-32/h13-17,24-26,28-30,32-35,41,44H,12,18-22H2,1-11H3/b15-13+,17-16+,23-14+. The molecule has 12 nitrogen and oxygen atoms in total. The van der Waals surface area contributed by atoms with Gasteiger partial charge in [-0.3, -0.25) is 9.59 Å². The zero-order valence-electron chi connectivity index (χ0n) is 31.5. The summed E-state index contributed by atoms with van der Waals surface area (Å²) in [4.78, 5) is 41.4. The number of aliphatic hydroxyl groups is 2. The maximum absolute atomic E-state index is 13.1. The van der Waals surface area contributed by atoms with Crippen molar-refractivity contribution >= 4 is 18.0 Å². The van der Waals surface area contributed by atoms with Crippen molar-refractivity contribution in [2.75, 3.05) is 41.3 Å². The van der Waals surface area contributed by atoms with E-state index < -0.39 is 48.0 Å². The Morgan fingerprint density at radius 1 is 1.14 bits per heavy atom. The third kappa shape index (κ3) is 13.5. The smallest absolute Gasteiger partial charge is 0.409 e. The highest BCUT2D eigenvalue weighted by molar-refractivity contribution is 5.70. The van der Waals surface area contributed by atoms with Gasteiger partial charge in [-0.2, -0.15) is 0 Å². The highest BCUT2D eigenvalue weighted by atomic mass is 16.6. The summed E-state index contributed by atoms with van der Waals surface area (Å²) in [5.41, 5.74) is -0.719. The van der Waals surface area contributed by atoms with Crippen molar-refractivity contribution in [3.8, 4) is 0 Å². The van der Waals surface area contributed by atoms with Crippen molar-refractivity contribution in [2.45, 2.75) is 122 Å². The van der Waals surface area contributed by atoms with Gasteiger partial charge >= 0.3 is 18.0 Å².